The Labute approximate surface area is 205 Å². The molecule has 1 saturated carbocycles. The zero-order chi connectivity index (χ0) is 24.5. The number of ether oxygens (including phenoxy) is 1. The molecule has 1 aromatic carbocycles. The van der Waals surface area contributed by atoms with Crippen LogP contribution in [0.25, 0.3) is 11.3 Å². The number of benzene rings is 1. The fourth-order valence-electron chi connectivity index (χ4n) is 4.81. The second kappa shape index (κ2) is 9.90. The van der Waals surface area contributed by atoms with E-state index in [0.29, 0.717) is 56.0 Å². The first-order valence-electron chi connectivity index (χ1n) is 11.7. The van der Waals surface area contributed by atoms with Crippen molar-refractivity contribution in [3.05, 3.63) is 35.0 Å². The highest BCUT2D eigenvalue weighted by Gasteiger charge is 2.30. The lowest BCUT2D eigenvalue weighted by molar-refractivity contribution is -0.122. The smallest absolute Gasteiger partial charge is 0.220 e. The minimum Gasteiger partial charge on any atom is -0.381 e. The van der Waals surface area contributed by atoms with Crippen molar-refractivity contribution in [2.45, 2.75) is 50.6 Å². The number of hydrogen-bond acceptors (Lipinski definition) is 7. The lowest BCUT2D eigenvalue weighted by Crippen LogP contribution is -2.29. The molecular formula is C23H26ClF2N7O2. The average Bonchev–Trinajstić information content (AvgIpc) is 3.19. The Kier molecular flexibility index (Phi) is 6.70. The molecule has 5 rings (SSSR count). The van der Waals surface area contributed by atoms with Crippen LogP contribution in [-0.2, 0) is 9.53 Å². The summed E-state index contributed by atoms with van der Waals surface area (Å²) in [5.41, 5.74) is 5.97. The van der Waals surface area contributed by atoms with Crippen molar-refractivity contribution in [1.29, 1.82) is 0 Å². The maximum absolute atomic E-state index is 14.6. The Morgan fingerprint density at radius 3 is 2.43 bits per heavy atom. The Bertz CT molecular complexity index is 1220. The van der Waals surface area contributed by atoms with Gasteiger partial charge in [-0.1, -0.05) is 11.6 Å². The minimum atomic E-state index is -0.839. The largest absolute Gasteiger partial charge is 0.381 e. The molecule has 2 fully saturated rings. The van der Waals surface area contributed by atoms with Crippen molar-refractivity contribution < 1.29 is 18.3 Å². The van der Waals surface area contributed by atoms with Crippen LogP contribution in [0.2, 0.25) is 5.02 Å². The number of hydrogen-bond donors (Lipinski definition) is 3. The van der Waals surface area contributed by atoms with E-state index in [1.165, 1.54) is 0 Å². The van der Waals surface area contributed by atoms with E-state index in [2.05, 4.69) is 20.6 Å². The molecule has 35 heavy (non-hydrogen) atoms. The monoisotopic (exact) mass is 505 g/mol. The number of carbonyl (C=O) groups excluding carboxylic acids is 1. The quantitative estimate of drug-likeness (QED) is 0.456. The second-order valence-electron chi connectivity index (χ2n) is 9.02. The van der Waals surface area contributed by atoms with Gasteiger partial charge in [0.15, 0.2) is 22.9 Å². The molecule has 0 bridgehead atoms. The van der Waals surface area contributed by atoms with E-state index in [1.54, 1.807) is 6.20 Å². The van der Waals surface area contributed by atoms with Gasteiger partial charge in [-0.05, 0) is 50.7 Å². The van der Waals surface area contributed by atoms with Crippen LogP contribution in [0.5, 0.6) is 0 Å². The molecule has 1 saturated heterocycles. The summed E-state index contributed by atoms with van der Waals surface area (Å²) in [6.45, 7) is 1.36. The Balaban J connectivity index is 1.52. The van der Waals surface area contributed by atoms with Gasteiger partial charge in [0.25, 0.3) is 0 Å². The van der Waals surface area contributed by atoms with Crippen LogP contribution in [0.4, 0.5) is 26.2 Å². The molecule has 9 nitrogen and oxygen atoms in total. The Morgan fingerprint density at radius 2 is 1.77 bits per heavy atom. The van der Waals surface area contributed by atoms with Gasteiger partial charge in [0.05, 0.1) is 6.20 Å². The zero-order valence-corrected chi connectivity index (χ0v) is 19.7. The second-order valence-corrected chi connectivity index (χ2v) is 9.45. The van der Waals surface area contributed by atoms with Gasteiger partial charge >= 0.3 is 0 Å². The predicted octanol–water partition coefficient (Wildman–Crippen LogP) is 4.31. The first kappa shape index (κ1) is 23.7. The summed E-state index contributed by atoms with van der Waals surface area (Å²) >= 11 is 5.78. The number of aromatic nitrogens is 4. The van der Waals surface area contributed by atoms with Gasteiger partial charge in [-0.3, -0.25) is 9.36 Å². The van der Waals surface area contributed by atoms with Crippen LogP contribution >= 0.6 is 11.6 Å². The first-order chi connectivity index (χ1) is 16.9. The van der Waals surface area contributed by atoms with Gasteiger partial charge in [0, 0.05) is 36.2 Å². The SMILES string of the molecule is NC(=O)C1CCC(n2c(Nc3c(F)cc(Cl)cc3F)nc3ncc(NC4CCOCC4)nc32)CC1. The van der Waals surface area contributed by atoms with Crippen LogP contribution in [0, 0.1) is 17.6 Å². The van der Waals surface area contributed by atoms with E-state index in [1.807, 2.05) is 4.57 Å². The number of nitrogens with zero attached hydrogens (tertiary/aromatic N) is 4. The van der Waals surface area contributed by atoms with Crippen molar-refractivity contribution in [1.82, 2.24) is 19.5 Å². The molecule has 2 aromatic heterocycles. The van der Waals surface area contributed by atoms with E-state index >= 15 is 0 Å². The predicted molar refractivity (Wildman–Crippen MR) is 128 cm³/mol. The summed E-state index contributed by atoms with van der Waals surface area (Å²) in [6.07, 6.45) is 5.81. The highest BCUT2D eigenvalue weighted by molar-refractivity contribution is 6.30. The molecule has 4 N–H and O–H groups in total. The number of amides is 1. The normalized spacial score (nSPS) is 21.2. The number of imidazole rings is 1. The summed E-state index contributed by atoms with van der Waals surface area (Å²) in [6, 6.07) is 2.17. The number of primary amides is 1. The van der Waals surface area contributed by atoms with Crippen molar-refractivity contribution in [3.63, 3.8) is 0 Å². The van der Waals surface area contributed by atoms with Crippen molar-refractivity contribution in [3.8, 4) is 0 Å². The molecule has 0 radical (unpaired) electrons. The van der Waals surface area contributed by atoms with E-state index < -0.39 is 11.6 Å². The number of fused-ring (bicyclic) bond motifs is 1. The molecule has 186 valence electrons. The van der Waals surface area contributed by atoms with Crippen molar-refractivity contribution in [2.75, 3.05) is 23.8 Å². The molecule has 3 aromatic rings. The molecule has 12 heteroatoms. The van der Waals surface area contributed by atoms with Gasteiger partial charge in [-0.25, -0.2) is 18.7 Å². The molecule has 1 amide bonds. The zero-order valence-electron chi connectivity index (χ0n) is 18.9. The van der Waals surface area contributed by atoms with Gasteiger partial charge in [0.2, 0.25) is 11.9 Å². The minimum absolute atomic E-state index is 0.0454. The highest BCUT2D eigenvalue weighted by atomic mass is 35.5. The number of halogens is 3. The molecule has 0 unspecified atom stereocenters. The van der Waals surface area contributed by atoms with Crippen LogP contribution < -0.4 is 16.4 Å². The van der Waals surface area contributed by atoms with Crippen LogP contribution in [0.15, 0.2) is 18.3 Å². The average molecular weight is 506 g/mol. The van der Waals surface area contributed by atoms with E-state index in [4.69, 9.17) is 27.1 Å². The number of nitrogens with two attached hydrogens (primary N) is 1. The number of nitrogens with one attached hydrogen (secondary N) is 2. The molecule has 0 atom stereocenters. The summed E-state index contributed by atoms with van der Waals surface area (Å²) in [5.74, 6) is -1.38. The van der Waals surface area contributed by atoms with Gasteiger partial charge in [-0.15, -0.1) is 0 Å². The summed E-state index contributed by atoms with van der Waals surface area (Å²) in [5, 5.41) is 6.14. The van der Waals surface area contributed by atoms with Gasteiger partial charge in [0.1, 0.15) is 11.5 Å². The van der Waals surface area contributed by atoms with Crippen molar-refractivity contribution in [2.24, 2.45) is 11.7 Å². The molecule has 0 spiro atoms. The third-order valence-corrected chi connectivity index (χ3v) is 6.90. The van der Waals surface area contributed by atoms with Crippen LogP contribution in [-0.4, -0.2) is 44.7 Å². The lowest BCUT2D eigenvalue weighted by Gasteiger charge is -2.29. The van der Waals surface area contributed by atoms with Gasteiger partial charge in [-0.2, -0.15) is 4.98 Å². The third-order valence-electron chi connectivity index (χ3n) is 6.68. The van der Waals surface area contributed by atoms with E-state index in [-0.39, 0.29) is 40.6 Å². The van der Waals surface area contributed by atoms with Crippen molar-refractivity contribution >= 4 is 46.3 Å². The van der Waals surface area contributed by atoms with Crippen LogP contribution in [0.3, 0.4) is 0 Å². The maximum atomic E-state index is 14.6. The third kappa shape index (κ3) is 5.01. The summed E-state index contributed by atoms with van der Waals surface area (Å²) in [4.78, 5) is 25.4. The molecule has 1 aliphatic carbocycles. The van der Waals surface area contributed by atoms with Gasteiger partial charge < -0.3 is 21.1 Å². The van der Waals surface area contributed by atoms with Crippen LogP contribution in [0.1, 0.15) is 44.6 Å². The van der Waals surface area contributed by atoms with E-state index in [9.17, 15) is 13.6 Å². The number of carbonyl (C=O) groups is 1. The summed E-state index contributed by atoms with van der Waals surface area (Å²) < 4.78 is 36.4. The molecule has 2 aliphatic rings. The molecular weight excluding hydrogens is 480 g/mol. The molecule has 3 heterocycles. The number of anilines is 3. The standard InChI is InChI=1S/C23H26ClF2N7O2/c24-13-9-16(25)19(17(26)10-13)31-23-32-21-22(33(23)15-3-1-12(2-4-15)20(27)34)30-18(11-28-21)29-14-5-7-35-8-6-14/h9-12,14-15H,1-8H2,(H2,27,34)(H,29,30)(H,28,31,32). The fraction of sp³-hybridized carbons (Fsp3) is 0.478. The fourth-order valence-corrected chi connectivity index (χ4v) is 5.01. The highest BCUT2D eigenvalue weighted by Crippen LogP contribution is 2.37. The first-order valence-corrected chi connectivity index (χ1v) is 12.1. The molecule has 1 aliphatic heterocycles. The maximum Gasteiger partial charge on any atom is 0.220 e. The van der Waals surface area contributed by atoms with E-state index in [0.717, 1.165) is 25.0 Å². The topological polar surface area (TPSA) is 120 Å². The Hall–Kier alpha value is -3.05. The lowest BCUT2D eigenvalue weighted by atomic mass is 9.85. The Morgan fingerprint density at radius 1 is 1.09 bits per heavy atom. The summed E-state index contributed by atoms with van der Waals surface area (Å²) in [7, 11) is 0. The number of rotatable bonds is 6.